The Hall–Kier alpha value is -2.76. The van der Waals surface area contributed by atoms with Crippen molar-refractivity contribution in [1.82, 2.24) is 15.4 Å². The molecule has 0 aliphatic heterocycles. The van der Waals surface area contributed by atoms with Crippen LogP contribution in [0, 0.1) is 0 Å². The molecule has 0 radical (unpaired) electrons. The van der Waals surface area contributed by atoms with E-state index in [0.29, 0.717) is 5.56 Å². The highest BCUT2D eigenvalue weighted by molar-refractivity contribution is 5.93. The summed E-state index contributed by atoms with van der Waals surface area (Å²) in [6, 6.07) is 5.32. The summed E-state index contributed by atoms with van der Waals surface area (Å²) >= 11 is 0. The zero-order chi connectivity index (χ0) is 16.2. The van der Waals surface area contributed by atoms with Gasteiger partial charge in [0.2, 0.25) is 0 Å². The average molecular weight is 298 g/mol. The number of phenolic OH excluding ortho intramolecular Hbond substituents is 1. The van der Waals surface area contributed by atoms with E-state index in [2.05, 4.69) is 41.3 Å². The number of carbonyl (C=O) groups excluding carboxylic acids is 1. The second kappa shape index (κ2) is 6.34. The molecule has 0 aliphatic rings. The number of amides is 1. The largest absolute Gasteiger partial charge is 0.507 e. The molecule has 0 saturated carbocycles. The van der Waals surface area contributed by atoms with Gasteiger partial charge in [-0.3, -0.25) is 9.78 Å². The van der Waals surface area contributed by atoms with Crippen molar-refractivity contribution in [2.24, 2.45) is 5.10 Å². The molecule has 0 fully saturated rings. The molecule has 2 N–H and O–H groups in total. The minimum absolute atomic E-state index is 0.0425. The predicted octanol–water partition coefficient (Wildman–Crippen LogP) is 2.24. The Kier molecular flexibility index (Phi) is 4.50. The van der Waals surface area contributed by atoms with Crippen LogP contribution >= 0.6 is 0 Å². The summed E-state index contributed by atoms with van der Waals surface area (Å²) in [5.74, 6) is -0.360. The third-order valence-electron chi connectivity index (χ3n) is 3.06. The number of hydrogen-bond donors (Lipinski definition) is 2. The molecule has 0 bridgehead atoms. The van der Waals surface area contributed by atoms with Crippen molar-refractivity contribution in [2.45, 2.75) is 26.2 Å². The maximum atomic E-state index is 11.8. The van der Waals surface area contributed by atoms with Crippen LogP contribution in [-0.2, 0) is 5.41 Å². The Morgan fingerprint density at radius 1 is 1.32 bits per heavy atom. The Bertz CT molecular complexity index is 691. The van der Waals surface area contributed by atoms with E-state index in [1.807, 2.05) is 12.1 Å². The first kappa shape index (κ1) is 15.6. The fraction of sp³-hybridized carbons (Fsp3) is 0.250. The number of carbonyl (C=O) groups is 1. The second-order valence-electron chi connectivity index (χ2n) is 5.81. The fourth-order valence-electron chi connectivity index (χ4n) is 1.76. The zero-order valence-corrected chi connectivity index (χ0v) is 12.7. The van der Waals surface area contributed by atoms with Crippen molar-refractivity contribution in [1.29, 1.82) is 0 Å². The standard InChI is InChI=1S/C16H18N4O2/c1-16(2,3)12-4-5-14(21)11(8-12)9-19-20-15(22)13-10-17-6-7-18-13/h4-10,21H,1-3H3,(H,20,22)/b19-9+. The van der Waals surface area contributed by atoms with Gasteiger partial charge in [0, 0.05) is 18.0 Å². The van der Waals surface area contributed by atoms with E-state index in [4.69, 9.17) is 0 Å². The number of nitrogens with zero attached hydrogens (tertiary/aromatic N) is 3. The molecule has 1 amide bonds. The number of benzene rings is 1. The summed E-state index contributed by atoms with van der Waals surface area (Å²) in [4.78, 5) is 19.4. The third kappa shape index (κ3) is 3.88. The lowest BCUT2D eigenvalue weighted by atomic mass is 9.86. The van der Waals surface area contributed by atoms with Gasteiger partial charge in [-0.1, -0.05) is 26.8 Å². The number of hydrazone groups is 1. The van der Waals surface area contributed by atoms with E-state index in [0.717, 1.165) is 5.56 Å². The topological polar surface area (TPSA) is 87.5 Å². The van der Waals surface area contributed by atoms with Gasteiger partial charge in [-0.25, -0.2) is 10.4 Å². The molecule has 1 aromatic carbocycles. The van der Waals surface area contributed by atoms with Crippen LogP contribution in [0.1, 0.15) is 42.4 Å². The van der Waals surface area contributed by atoms with E-state index in [1.165, 1.54) is 24.8 Å². The molecule has 22 heavy (non-hydrogen) atoms. The van der Waals surface area contributed by atoms with Gasteiger partial charge in [0.1, 0.15) is 11.4 Å². The molecular formula is C16H18N4O2. The van der Waals surface area contributed by atoms with Crippen molar-refractivity contribution in [2.75, 3.05) is 0 Å². The van der Waals surface area contributed by atoms with Gasteiger partial charge in [0.25, 0.3) is 5.91 Å². The Morgan fingerprint density at radius 3 is 2.73 bits per heavy atom. The molecule has 2 rings (SSSR count). The number of hydrogen-bond acceptors (Lipinski definition) is 5. The molecule has 0 saturated heterocycles. The van der Waals surface area contributed by atoms with Crippen LogP contribution in [0.5, 0.6) is 5.75 Å². The first-order chi connectivity index (χ1) is 10.4. The number of aromatic nitrogens is 2. The van der Waals surface area contributed by atoms with E-state index < -0.39 is 5.91 Å². The summed E-state index contributed by atoms with van der Waals surface area (Å²) < 4.78 is 0. The number of nitrogens with one attached hydrogen (secondary N) is 1. The lowest BCUT2D eigenvalue weighted by Crippen LogP contribution is -2.19. The maximum absolute atomic E-state index is 11.8. The molecule has 0 aliphatic carbocycles. The summed E-state index contributed by atoms with van der Waals surface area (Å²) in [6.07, 6.45) is 5.66. The van der Waals surface area contributed by atoms with E-state index in [-0.39, 0.29) is 16.9 Å². The van der Waals surface area contributed by atoms with Gasteiger partial charge in [0.15, 0.2) is 0 Å². The molecule has 0 spiro atoms. The van der Waals surface area contributed by atoms with Gasteiger partial charge in [-0.05, 0) is 23.1 Å². The molecule has 1 heterocycles. The Labute approximate surface area is 128 Å². The molecule has 6 heteroatoms. The first-order valence-electron chi connectivity index (χ1n) is 6.81. The van der Waals surface area contributed by atoms with Crippen LogP contribution < -0.4 is 5.43 Å². The van der Waals surface area contributed by atoms with Crippen LogP contribution in [0.3, 0.4) is 0 Å². The monoisotopic (exact) mass is 298 g/mol. The van der Waals surface area contributed by atoms with Crippen LogP contribution in [0.2, 0.25) is 0 Å². The lowest BCUT2D eigenvalue weighted by molar-refractivity contribution is 0.0949. The quantitative estimate of drug-likeness (QED) is 0.672. The molecule has 1 aromatic heterocycles. The van der Waals surface area contributed by atoms with Gasteiger partial charge in [-0.15, -0.1) is 0 Å². The minimum atomic E-state index is -0.462. The highest BCUT2D eigenvalue weighted by Crippen LogP contribution is 2.26. The van der Waals surface area contributed by atoms with Gasteiger partial charge >= 0.3 is 0 Å². The van der Waals surface area contributed by atoms with Crippen LogP contribution in [-0.4, -0.2) is 27.2 Å². The predicted molar refractivity (Wildman–Crippen MR) is 83.9 cm³/mol. The van der Waals surface area contributed by atoms with E-state index >= 15 is 0 Å². The van der Waals surface area contributed by atoms with Crippen LogP contribution in [0.15, 0.2) is 41.9 Å². The third-order valence-corrected chi connectivity index (χ3v) is 3.06. The second-order valence-corrected chi connectivity index (χ2v) is 5.81. The van der Waals surface area contributed by atoms with Crippen molar-refractivity contribution >= 4 is 12.1 Å². The van der Waals surface area contributed by atoms with E-state index in [1.54, 1.807) is 6.07 Å². The molecule has 114 valence electrons. The fourth-order valence-corrected chi connectivity index (χ4v) is 1.76. The normalized spacial score (nSPS) is 11.6. The van der Waals surface area contributed by atoms with Gasteiger partial charge in [-0.2, -0.15) is 5.10 Å². The molecular weight excluding hydrogens is 280 g/mol. The van der Waals surface area contributed by atoms with Crippen LogP contribution in [0.4, 0.5) is 0 Å². The van der Waals surface area contributed by atoms with Crippen molar-refractivity contribution in [3.63, 3.8) is 0 Å². The maximum Gasteiger partial charge on any atom is 0.291 e. The summed E-state index contributed by atoms with van der Waals surface area (Å²) in [7, 11) is 0. The summed E-state index contributed by atoms with van der Waals surface area (Å²) in [6.45, 7) is 6.24. The molecule has 6 nitrogen and oxygen atoms in total. The van der Waals surface area contributed by atoms with Crippen molar-refractivity contribution < 1.29 is 9.90 Å². The van der Waals surface area contributed by atoms with Gasteiger partial charge < -0.3 is 5.11 Å². The SMILES string of the molecule is CC(C)(C)c1ccc(O)c(/C=N/NC(=O)c2cnccn2)c1. The van der Waals surface area contributed by atoms with Crippen molar-refractivity contribution in [3.8, 4) is 5.75 Å². The molecule has 0 unspecified atom stereocenters. The Balaban J connectivity index is 2.12. The van der Waals surface area contributed by atoms with Gasteiger partial charge in [0.05, 0.1) is 12.4 Å². The van der Waals surface area contributed by atoms with Crippen LogP contribution in [0.25, 0.3) is 0 Å². The van der Waals surface area contributed by atoms with Crippen molar-refractivity contribution in [3.05, 3.63) is 53.6 Å². The zero-order valence-electron chi connectivity index (χ0n) is 12.7. The Morgan fingerprint density at radius 2 is 2.09 bits per heavy atom. The average Bonchev–Trinajstić information content (AvgIpc) is 2.48. The number of rotatable bonds is 3. The highest BCUT2D eigenvalue weighted by atomic mass is 16.3. The number of phenols is 1. The van der Waals surface area contributed by atoms with E-state index in [9.17, 15) is 9.90 Å². The summed E-state index contributed by atoms with van der Waals surface area (Å²) in [5, 5.41) is 13.7. The summed E-state index contributed by atoms with van der Waals surface area (Å²) in [5.41, 5.74) is 4.08. The highest BCUT2D eigenvalue weighted by Gasteiger charge is 2.14. The lowest BCUT2D eigenvalue weighted by Gasteiger charge is -2.19. The number of aromatic hydroxyl groups is 1. The first-order valence-corrected chi connectivity index (χ1v) is 6.81. The molecule has 0 atom stereocenters. The minimum Gasteiger partial charge on any atom is -0.507 e. The molecule has 2 aromatic rings. The smallest absolute Gasteiger partial charge is 0.291 e.